The molecule has 1 atom stereocenters. The van der Waals surface area contributed by atoms with Crippen LogP contribution < -0.4 is 11.1 Å². The van der Waals surface area contributed by atoms with Gasteiger partial charge in [-0.25, -0.2) is 4.57 Å². The largest absolute Gasteiger partial charge is 0.469 e. The van der Waals surface area contributed by atoms with Crippen LogP contribution in [0.3, 0.4) is 0 Å². The topological polar surface area (TPSA) is 122 Å². The molecule has 2 aromatic carbocycles. The van der Waals surface area contributed by atoms with Gasteiger partial charge in [0.1, 0.15) is 5.54 Å². The smallest absolute Gasteiger partial charge is 0.324 e. The van der Waals surface area contributed by atoms with Gasteiger partial charge in [-0.1, -0.05) is 49.7 Å². The van der Waals surface area contributed by atoms with E-state index in [1.54, 1.807) is 12.1 Å². The summed E-state index contributed by atoms with van der Waals surface area (Å²) in [6.07, 6.45) is 3.42. The number of unbranched alkanes of at least 4 members (excludes halogenated alkanes) is 1. The number of amides is 1. The Bertz CT molecular complexity index is 829. The molecular formula is C20H27N2O5P. The fourth-order valence-corrected chi connectivity index (χ4v) is 2.98. The van der Waals surface area contributed by atoms with Gasteiger partial charge in [-0.05, 0) is 48.6 Å². The highest BCUT2D eigenvalue weighted by molar-refractivity contribution is 7.46. The maximum atomic E-state index is 12.3. The fourth-order valence-electron chi connectivity index (χ4n) is 2.55. The van der Waals surface area contributed by atoms with Crippen molar-refractivity contribution in [2.24, 2.45) is 5.73 Å². The van der Waals surface area contributed by atoms with E-state index in [1.165, 1.54) is 25.3 Å². The van der Waals surface area contributed by atoms with Crippen LogP contribution in [0.25, 0.3) is 11.1 Å². The molecule has 2 rings (SSSR count). The van der Waals surface area contributed by atoms with E-state index in [0.29, 0.717) is 5.69 Å². The van der Waals surface area contributed by atoms with Crippen LogP contribution in [0.4, 0.5) is 5.69 Å². The lowest BCUT2D eigenvalue weighted by atomic mass is 10.0. The van der Waals surface area contributed by atoms with Gasteiger partial charge in [-0.15, -0.1) is 0 Å². The van der Waals surface area contributed by atoms with Crippen molar-refractivity contribution in [1.82, 2.24) is 0 Å². The van der Waals surface area contributed by atoms with Crippen LogP contribution in [0.5, 0.6) is 0 Å². The van der Waals surface area contributed by atoms with E-state index in [1.807, 2.05) is 12.1 Å². The Morgan fingerprint density at radius 2 is 1.64 bits per heavy atom. The zero-order chi connectivity index (χ0) is 20.8. The highest BCUT2D eigenvalue weighted by atomic mass is 31.2. The lowest BCUT2D eigenvalue weighted by Crippen LogP contribution is -2.52. The predicted molar refractivity (Wildman–Crippen MR) is 110 cm³/mol. The molecule has 0 saturated carbocycles. The first-order valence-corrected chi connectivity index (χ1v) is 10.6. The van der Waals surface area contributed by atoms with E-state index in [0.717, 1.165) is 17.5 Å². The minimum Gasteiger partial charge on any atom is -0.324 e. The van der Waals surface area contributed by atoms with Gasteiger partial charge in [0.05, 0.1) is 6.61 Å². The lowest BCUT2D eigenvalue weighted by molar-refractivity contribution is -0.121. The summed E-state index contributed by atoms with van der Waals surface area (Å²) in [6, 6.07) is 15.7. The standard InChI is InChI=1S/C20H27N2O5P/c1-3-4-5-15-6-8-16(9-7-15)17-10-12-18(13-11-17)22-19(23)20(2,21)14-27-28(24,25)26/h6-13H,3-5,14,21H2,1-2H3,(H,22,23)(H2,24,25,26)/t20-/m0/s1. The first kappa shape index (κ1) is 22.3. The Labute approximate surface area is 165 Å². The van der Waals surface area contributed by atoms with Crippen LogP contribution in [-0.4, -0.2) is 27.8 Å². The van der Waals surface area contributed by atoms with Gasteiger partial charge in [-0.2, -0.15) is 0 Å². The number of carbonyl (C=O) groups excluding carboxylic acids is 1. The predicted octanol–water partition coefficient (Wildman–Crippen LogP) is 3.46. The maximum Gasteiger partial charge on any atom is 0.469 e. The zero-order valence-corrected chi connectivity index (χ0v) is 17.0. The molecule has 0 saturated heterocycles. The number of hydrogen-bond donors (Lipinski definition) is 4. The summed E-state index contributed by atoms with van der Waals surface area (Å²) in [5.41, 5.74) is 8.15. The molecule has 152 valence electrons. The van der Waals surface area contributed by atoms with Crippen LogP contribution in [0, 0.1) is 0 Å². The monoisotopic (exact) mass is 406 g/mol. The summed E-state index contributed by atoms with van der Waals surface area (Å²) >= 11 is 0. The average Bonchev–Trinajstić information content (AvgIpc) is 2.65. The molecule has 0 aliphatic carbocycles. The number of nitrogens with one attached hydrogen (secondary N) is 1. The lowest BCUT2D eigenvalue weighted by Gasteiger charge is -2.23. The molecule has 5 N–H and O–H groups in total. The third-order valence-corrected chi connectivity index (χ3v) is 4.77. The normalized spacial score (nSPS) is 13.8. The van der Waals surface area contributed by atoms with Crippen LogP contribution in [0.1, 0.15) is 32.3 Å². The summed E-state index contributed by atoms with van der Waals surface area (Å²) in [5.74, 6) is -0.603. The second kappa shape index (κ2) is 9.45. The fraction of sp³-hybridized carbons (Fsp3) is 0.350. The molecule has 1 amide bonds. The van der Waals surface area contributed by atoms with E-state index in [-0.39, 0.29) is 0 Å². The van der Waals surface area contributed by atoms with Crippen molar-refractivity contribution in [3.8, 4) is 11.1 Å². The first-order valence-electron chi connectivity index (χ1n) is 9.10. The van der Waals surface area contributed by atoms with Crippen LogP contribution >= 0.6 is 7.82 Å². The third kappa shape index (κ3) is 6.86. The third-order valence-electron chi connectivity index (χ3n) is 4.30. The number of benzene rings is 2. The van der Waals surface area contributed by atoms with E-state index < -0.39 is 25.9 Å². The summed E-state index contributed by atoms with van der Waals surface area (Å²) in [7, 11) is -4.70. The average molecular weight is 406 g/mol. The highest BCUT2D eigenvalue weighted by Gasteiger charge is 2.32. The number of phosphoric ester groups is 1. The summed E-state index contributed by atoms with van der Waals surface area (Å²) in [5, 5.41) is 2.63. The van der Waals surface area contributed by atoms with Gasteiger partial charge in [0.15, 0.2) is 0 Å². The number of hydrogen-bond acceptors (Lipinski definition) is 4. The Morgan fingerprint density at radius 1 is 1.11 bits per heavy atom. The Hall–Kier alpha value is -2.02. The zero-order valence-electron chi connectivity index (χ0n) is 16.1. The highest BCUT2D eigenvalue weighted by Crippen LogP contribution is 2.36. The number of phosphoric acid groups is 1. The Kier molecular flexibility index (Phi) is 7.52. The van der Waals surface area contributed by atoms with E-state index >= 15 is 0 Å². The molecular weight excluding hydrogens is 379 g/mol. The van der Waals surface area contributed by atoms with Crippen LogP contribution in [-0.2, 0) is 20.3 Å². The van der Waals surface area contributed by atoms with Gasteiger partial charge in [0.2, 0.25) is 5.91 Å². The molecule has 7 nitrogen and oxygen atoms in total. The number of rotatable bonds is 9. The number of carbonyl (C=O) groups is 1. The number of anilines is 1. The molecule has 0 aromatic heterocycles. The van der Waals surface area contributed by atoms with Gasteiger partial charge >= 0.3 is 7.82 Å². The SMILES string of the molecule is CCCCc1ccc(-c2ccc(NC(=O)[C@@](C)(N)COP(=O)(O)O)cc2)cc1. The molecule has 0 aliphatic heterocycles. The molecule has 0 aliphatic rings. The van der Waals surface area contributed by atoms with Crippen LogP contribution in [0.2, 0.25) is 0 Å². The molecule has 0 bridgehead atoms. The summed E-state index contributed by atoms with van der Waals surface area (Å²) in [4.78, 5) is 29.8. The van der Waals surface area contributed by atoms with Crippen molar-refractivity contribution in [2.45, 2.75) is 38.6 Å². The van der Waals surface area contributed by atoms with Gasteiger partial charge in [0, 0.05) is 5.69 Å². The van der Waals surface area contributed by atoms with Gasteiger partial charge < -0.3 is 20.8 Å². The quantitative estimate of drug-likeness (QED) is 0.473. The molecule has 0 fully saturated rings. The van der Waals surface area contributed by atoms with Crippen LogP contribution in [0.15, 0.2) is 48.5 Å². The van der Waals surface area contributed by atoms with E-state index in [4.69, 9.17) is 15.5 Å². The Morgan fingerprint density at radius 3 is 2.14 bits per heavy atom. The number of nitrogens with two attached hydrogens (primary N) is 1. The van der Waals surface area contributed by atoms with Crippen molar-refractivity contribution in [3.05, 3.63) is 54.1 Å². The van der Waals surface area contributed by atoms with Crippen molar-refractivity contribution in [2.75, 3.05) is 11.9 Å². The second-order valence-corrected chi connectivity index (χ2v) is 8.25. The van der Waals surface area contributed by atoms with E-state index in [9.17, 15) is 9.36 Å². The summed E-state index contributed by atoms with van der Waals surface area (Å²) < 4.78 is 15.1. The second-order valence-electron chi connectivity index (χ2n) is 7.01. The summed E-state index contributed by atoms with van der Waals surface area (Å²) in [6.45, 7) is 2.91. The molecule has 8 heteroatoms. The molecule has 0 heterocycles. The molecule has 0 unspecified atom stereocenters. The van der Waals surface area contributed by atoms with E-state index in [2.05, 4.69) is 41.0 Å². The minimum absolute atomic E-state index is 0.529. The van der Waals surface area contributed by atoms with Crippen molar-refractivity contribution in [3.63, 3.8) is 0 Å². The molecule has 2 aromatic rings. The van der Waals surface area contributed by atoms with Crippen molar-refractivity contribution >= 4 is 19.4 Å². The number of aryl methyl sites for hydroxylation is 1. The molecule has 28 heavy (non-hydrogen) atoms. The van der Waals surface area contributed by atoms with Gasteiger partial charge in [-0.3, -0.25) is 9.32 Å². The van der Waals surface area contributed by atoms with Crippen molar-refractivity contribution < 1.29 is 23.7 Å². The van der Waals surface area contributed by atoms with Gasteiger partial charge in [0.25, 0.3) is 0 Å². The molecule has 0 spiro atoms. The molecule has 0 radical (unpaired) electrons. The maximum absolute atomic E-state index is 12.3. The Balaban J connectivity index is 2.00. The first-order chi connectivity index (χ1) is 13.1. The minimum atomic E-state index is -4.70. The van der Waals surface area contributed by atoms with Crippen molar-refractivity contribution in [1.29, 1.82) is 0 Å².